The van der Waals surface area contributed by atoms with E-state index in [0.717, 1.165) is 15.9 Å². The molecule has 0 N–H and O–H groups in total. The number of aromatic nitrogens is 1. The highest BCUT2D eigenvalue weighted by Gasteiger charge is 2.03. The summed E-state index contributed by atoms with van der Waals surface area (Å²) in [4.78, 5) is 4.15. The summed E-state index contributed by atoms with van der Waals surface area (Å²) >= 11 is 8.01. The van der Waals surface area contributed by atoms with Crippen LogP contribution in [0.15, 0.2) is 12.3 Å². The number of nitrogens with zero attached hydrogens (tertiary/aromatic N) is 1. The van der Waals surface area contributed by atoms with Crippen molar-refractivity contribution in [2.75, 3.05) is 6.61 Å². The zero-order valence-corrected chi connectivity index (χ0v) is 9.59. The van der Waals surface area contributed by atoms with Gasteiger partial charge in [-0.2, -0.15) is 0 Å². The van der Waals surface area contributed by atoms with E-state index in [1.54, 1.807) is 12.3 Å². The van der Waals surface area contributed by atoms with Crippen LogP contribution in [0.3, 0.4) is 0 Å². The quantitative estimate of drug-likeness (QED) is 0.632. The van der Waals surface area contributed by atoms with Gasteiger partial charge in [-0.3, -0.25) is 4.98 Å². The molecule has 0 aliphatic carbocycles. The van der Waals surface area contributed by atoms with Crippen LogP contribution in [0.5, 0.6) is 5.75 Å². The van der Waals surface area contributed by atoms with Gasteiger partial charge in [0, 0.05) is 16.7 Å². The van der Waals surface area contributed by atoms with Crippen molar-refractivity contribution in [3.63, 3.8) is 0 Å². The Morgan fingerprint density at radius 1 is 1.67 bits per heavy atom. The summed E-state index contributed by atoms with van der Waals surface area (Å²) in [5.41, 5.74) is 0.946. The van der Waals surface area contributed by atoms with Crippen LogP contribution < -0.4 is 4.74 Å². The van der Waals surface area contributed by atoms with Gasteiger partial charge in [-0.25, -0.2) is 0 Å². The Morgan fingerprint density at radius 3 is 3.00 bits per heavy atom. The molecule has 4 heteroatoms. The topological polar surface area (TPSA) is 22.1 Å². The minimum absolute atomic E-state index is 0.618. The molecule has 0 fully saturated rings. The molecular weight excluding hydrogens is 288 g/mol. The molecule has 0 radical (unpaired) electrons. The number of rotatable bonds is 3. The monoisotopic (exact) mass is 297 g/mol. The van der Waals surface area contributed by atoms with E-state index in [2.05, 4.69) is 27.6 Å². The third-order valence-corrected chi connectivity index (χ3v) is 2.25. The lowest BCUT2D eigenvalue weighted by atomic mass is 10.3. The Hall–Kier alpha value is -0.0300. The van der Waals surface area contributed by atoms with E-state index in [-0.39, 0.29) is 0 Å². The van der Waals surface area contributed by atoms with E-state index in [9.17, 15) is 0 Å². The second-order valence-corrected chi connectivity index (χ2v) is 3.36. The molecule has 0 unspecified atom stereocenters. The lowest BCUT2D eigenvalue weighted by Crippen LogP contribution is -1.97. The average molecular weight is 298 g/mol. The summed E-state index contributed by atoms with van der Waals surface area (Å²) in [7, 11) is 0. The average Bonchev–Trinajstić information content (AvgIpc) is 2.05. The Bertz CT molecular complexity index is 267. The van der Waals surface area contributed by atoms with E-state index in [4.69, 9.17) is 16.3 Å². The van der Waals surface area contributed by atoms with Crippen molar-refractivity contribution in [2.45, 2.75) is 11.4 Å². The highest BCUT2D eigenvalue weighted by atomic mass is 127. The molecule has 1 heterocycles. The van der Waals surface area contributed by atoms with Gasteiger partial charge in [0.25, 0.3) is 0 Å². The van der Waals surface area contributed by atoms with Gasteiger partial charge in [-0.15, -0.1) is 0 Å². The maximum absolute atomic E-state index is 5.76. The first-order valence-electron chi connectivity index (χ1n) is 3.61. The van der Waals surface area contributed by atoms with Crippen LogP contribution in [0.1, 0.15) is 12.6 Å². The van der Waals surface area contributed by atoms with Crippen molar-refractivity contribution >= 4 is 34.2 Å². The van der Waals surface area contributed by atoms with Crippen LogP contribution >= 0.6 is 34.2 Å². The highest BCUT2D eigenvalue weighted by molar-refractivity contribution is 14.1. The first kappa shape index (κ1) is 10.1. The second kappa shape index (κ2) is 4.87. The molecule has 12 heavy (non-hydrogen) atoms. The molecule has 1 rings (SSSR count). The van der Waals surface area contributed by atoms with Crippen LogP contribution in [-0.4, -0.2) is 11.6 Å². The smallest absolute Gasteiger partial charge is 0.143 e. The molecule has 0 saturated heterocycles. The predicted molar refractivity (Wildman–Crippen MR) is 58.1 cm³/mol. The lowest BCUT2D eigenvalue weighted by molar-refractivity contribution is 0.336. The van der Waals surface area contributed by atoms with Crippen LogP contribution in [0, 0.1) is 0 Å². The van der Waals surface area contributed by atoms with Gasteiger partial charge in [0.15, 0.2) is 0 Å². The van der Waals surface area contributed by atoms with E-state index < -0.39 is 0 Å². The number of hydrogen-bond acceptors (Lipinski definition) is 2. The number of hydrogen-bond donors (Lipinski definition) is 0. The van der Waals surface area contributed by atoms with Gasteiger partial charge in [0.1, 0.15) is 5.75 Å². The molecule has 0 aromatic carbocycles. The summed E-state index contributed by atoms with van der Waals surface area (Å²) in [6.07, 6.45) is 1.64. The van der Waals surface area contributed by atoms with Crippen molar-refractivity contribution in [3.8, 4) is 5.75 Å². The Labute approximate surface area is 90.4 Å². The maximum Gasteiger partial charge on any atom is 0.143 e. The van der Waals surface area contributed by atoms with Gasteiger partial charge in [0.05, 0.1) is 17.3 Å². The zero-order valence-electron chi connectivity index (χ0n) is 6.68. The molecule has 0 aliphatic rings. The third-order valence-electron chi connectivity index (χ3n) is 1.32. The molecule has 0 spiro atoms. The van der Waals surface area contributed by atoms with Gasteiger partial charge < -0.3 is 4.74 Å². The van der Waals surface area contributed by atoms with Gasteiger partial charge >= 0.3 is 0 Å². The first-order valence-corrected chi connectivity index (χ1v) is 5.51. The van der Waals surface area contributed by atoms with Crippen LogP contribution in [0.2, 0.25) is 5.02 Å². The Kier molecular flexibility index (Phi) is 4.08. The predicted octanol–water partition coefficient (Wildman–Crippen LogP) is 3.07. The molecule has 1 aromatic heterocycles. The van der Waals surface area contributed by atoms with Crippen molar-refractivity contribution in [3.05, 3.63) is 23.0 Å². The SMILES string of the molecule is CCOc1cc(Cl)cnc1CI. The fraction of sp³-hybridized carbons (Fsp3) is 0.375. The fourth-order valence-corrected chi connectivity index (χ4v) is 1.55. The lowest BCUT2D eigenvalue weighted by Gasteiger charge is -2.06. The van der Waals surface area contributed by atoms with E-state index in [0.29, 0.717) is 11.6 Å². The largest absolute Gasteiger partial charge is 0.492 e. The minimum atomic E-state index is 0.618. The van der Waals surface area contributed by atoms with Crippen molar-refractivity contribution in [1.82, 2.24) is 4.98 Å². The molecule has 0 bridgehead atoms. The van der Waals surface area contributed by atoms with Gasteiger partial charge in [-0.1, -0.05) is 34.2 Å². The molecule has 2 nitrogen and oxygen atoms in total. The molecule has 0 aliphatic heterocycles. The highest BCUT2D eigenvalue weighted by Crippen LogP contribution is 2.22. The van der Waals surface area contributed by atoms with Crippen molar-refractivity contribution in [1.29, 1.82) is 0 Å². The Morgan fingerprint density at radius 2 is 2.42 bits per heavy atom. The fourth-order valence-electron chi connectivity index (χ4n) is 0.830. The number of alkyl halides is 1. The van der Waals surface area contributed by atoms with Gasteiger partial charge in [0.2, 0.25) is 0 Å². The van der Waals surface area contributed by atoms with Crippen LogP contribution in [0.25, 0.3) is 0 Å². The van der Waals surface area contributed by atoms with Crippen molar-refractivity contribution in [2.24, 2.45) is 0 Å². The molecule has 1 aromatic rings. The first-order chi connectivity index (χ1) is 5.77. The molecule has 0 amide bonds. The van der Waals surface area contributed by atoms with Crippen molar-refractivity contribution < 1.29 is 4.74 Å². The molecule has 0 saturated carbocycles. The molecular formula is C8H9ClINO. The second-order valence-electron chi connectivity index (χ2n) is 2.17. The summed E-state index contributed by atoms with van der Waals surface area (Å²) in [5.74, 6) is 0.791. The van der Waals surface area contributed by atoms with Crippen LogP contribution in [-0.2, 0) is 4.43 Å². The summed E-state index contributed by atoms with van der Waals surface area (Å²) < 4.78 is 6.19. The standard InChI is InChI=1S/C8H9ClINO/c1-2-12-8-3-6(9)5-11-7(8)4-10/h3,5H,2,4H2,1H3. The normalized spacial score (nSPS) is 9.92. The molecule has 0 atom stereocenters. The number of halogens is 2. The summed E-state index contributed by atoms with van der Waals surface area (Å²) in [5, 5.41) is 0.618. The maximum atomic E-state index is 5.76. The third kappa shape index (κ3) is 2.48. The number of ether oxygens (including phenoxy) is 1. The van der Waals surface area contributed by atoms with Crippen LogP contribution in [0.4, 0.5) is 0 Å². The minimum Gasteiger partial charge on any atom is -0.492 e. The summed E-state index contributed by atoms with van der Waals surface area (Å²) in [6.45, 7) is 2.59. The Balaban J connectivity index is 2.95. The van der Waals surface area contributed by atoms with Gasteiger partial charge in [-0.05, 0) is 6.92 Å². The molecule has 66 valence electrons. The van der Waals surface area contributed by atoms with E-state index in [1.165, 1.54) is 0 Å². The number of pyridine rings is 1. The van der Waals surface area contributed by atoms with E-state index >= 15 is 0 Å². The van der Waals surface area contributed by atoms with E-state index in [1.807, 2.05) is 6.92 Å². The zero-order chi connectivity index (χ0) is 8.97. The summed E-state index contributed by atoms with van der Waals surface area (Å²) in [6, 6.07) is 1.80.